The largest absolute Gasteiger partial charge is 0.463 e. The van der Waals surface area contributed by atoms with E-state index >= 15 is 0 Å². The highest BCUT2D eigenvalue weighted by Crippen LogP contribution is 2.32. The van der Waals surface area contributed by atoms with Gasteiger partial charge in [-0.2, -0.15) is 0 Å². The Morgan fingerprint density at radius 3 is 2.39 bits per heavy atom. The highest BCUT2D eigenvalue weighted by Gasteiger charge is 2.39. The third kappa shape index (κ3) is 3.68. The van der Waals surface area contributed by atoms with Crippen LogP contribution in [0.3, 0.4) is 0 Å². The number of fused-ring (bicyclic) bond motifs is 1. The number of ether oxygens (including phenoxy) is 1. The van der Waals surface area contributed by atoms with Gasteiger partial charge < -0.3 is 10.1 Å². The average Bonchev–Trinajstić information content (AvgIpc) is 2.78. The number of hydrogen-bond acceptors (Lipinski definition) is 4. The maximum atomic E-state index is 13.7. The zero-order valence-corrected chi connectivity index (χ0v) is 17.3. The van der Waals surface area contributed by atoms with Crippen LogP contribution in [0.5, 0.6) is 0 Å². The molecule has 3 amide bonds. The number of amides is 3. The molecule has 0 spiro atoms. The summed E-state index contributed by atoms with van der Waals surface area (Å²) in [5, 5.41) is 4.34. The van der Waals surface area contributed by atoms with Gasteiger partial charge in [0.2, 0.25) is 0 Å². The van der Waals surface area contributed by atoms with E-state index in [2.05, 4.69) is 5.32 Å². The summed E-state index contributed by atoms with van der Waals surface area (Å²) in [6.07, 6.45) is 0. The molecule has 1 atom stereocenters. The lowest BCUT2D eigenvalue weighted by Gasteiger charge is -2.34. The van der Waals surface area contributed by atoms with Gasteiger partial charge >= 0.3 is 12.0 Å². The van der Waals surface area contributed by atoms with Crippen LogP contribution < -0.4 is 5.32 Å². The SMILES string of the molecule is CCOC(=O)C1=C(c2ccccc2)N(C(=O)c2cccc3ccccc23)C(=O)NC1C. The Balaban J connectivity index is 1.94. The normalized spacial score (nSPS) is 16.3. The van der Waals surface area contributed by atoms with E-state index in [0.717, 1.165) is 15.7 Å². The van der Waals surface area contributed by atoms with Crippen molar-refractivity contribution >= 4 is 34.4 Å². The van der Waals surface area contributed by atoms with Crippen molar-refractivity contribution in [1.29, 1.82) is 0 Å². The molecule has 0 saturated carbocycles. The molecule has 0 fully saturated rings. The second kappa shape index (κ2) is 8.44. The van der Waals surface area contributed by atoms with Crippen molar-refractivity contribution in [2.45, 2.75) is 19.9 Å². The van der Waals surface area contributed by atoms with Gasteiger partial charge in [-0.3, -0.25) is 4.79 Å². The minimum Gasteiger partial charge on any atom is -0.463 e. The summed E-state index contributed by atoms with van der Waals surface area (Å²) >= 11 is 0. The molecule has 3 aromatic rings. The molecule has 0 radical (unpaired) electrons. The number of nitrogens with zero attached hydrogens (tertiary/aromatic N) is 1. The fourth-order valence-electron chi connectivity index (χ4n) is 3.84. The van der Waals surface area contributed by atoms with Crippen LogP contribution in [0.15, 0.2) is 78.4 Å². The molecule has 1 aliphatic heterocycles. The van der Waals surface area contributed by atoms with Gasteiger partial charge in [-0.25, -0.2) is 14.5 Å². The molecule has 156 valence electrons. The van der Waals surface area contributed by atoms with Gasteiger partial charge in [0.25, 0.3) is 5.91 Å². The first-order valence-corrected chi connectivity index (χ1v) is 10.1. The maximum absolute atomic E-state index is 13.7. The molecule has 6 nitrogen and oxygen atoms in total. The van der Waals surface area contributed by atoms with Crippen molar-refractivity contribution in [3.63, 3.8) is 0 Å². The van der Waals surface area contributed by atoms with E-state index in [9.17, 15) is 14.4 Å². The summed E-state index contributed by atoms with van der Waals surface area (Å²) in [6, 6.07) is 20.6. The summed E-state index contributed by atoms with van der Waals surface area (Å²) < 4.78 is 5.26. The summed E-state index contributed by atoms with van der Waals surface area (Å²) in [5.74, 6) is -1.08. The maximum Gasteiger partial charge on any atom is 0.338 e. The molecule has 6 heteroatoms. The Kier molecular flexibility index (Phi) is 5.54. The smallest absolute Gasteiger partial charge is 0.338 e. The van der Waals surface area contributed by atoms with Gasteiger partial charge in [-0.15, -0.1) is 0 Å². The van der Waals surface area contributed by atoms with E-state index in [1.54, 1.807) is 50.2 Å². The monoisotopic (exact) mass is 414 g/mol. The van der Waals surface area contributed by atoms with Gasteiger partial charge in [0.1, 0.15) is 0 Å². The van der Waals surface area contributed by atoms with E-state index in [-0.39, 0.29) is 17.9 Å². The second-order valence-electron chi connectivity index (χ2n) is 7.19. The minimum atomic E-state index is -0.613. The predicted octanol–water partition coefficient (Wildman–Crippen LogP) is 4.37. The van der Waals surface area contributed by atoms with Crippen LogP contribution in [0.4, 0.5) is 4.79 Å². The number of nitrogens with one attached hydrogen (secondary N) is 1. The molecular formula is C25H22N2O4. The predicted molar refractivity (Wildman–Crippen MR) is 118 cm³/mol. The first-order valence-electron chi connectivity index (χ1n) is 10.1. The quantitative estimate of drug-likeness (QED) is 0.644. The van der Waals surface area contributed by atoms with Crippen molar-refractivity contribution in [3.05, 3.63) is 89.5 Å². The highest BCUT2D eigenvalue weighted by atomic mass is 16.5. The van der Waals surface area contributed by atoms with E-state index in [1.165, 1.54) is 0 Å². The molecule has 0 bridgehead atoms. The highest BCUT2D eigenvalue weighted by molar-refractivity contribution is 6.19. The van der Waals surface area contributed by atoms with E-state index in [1.807, 2.05) is 36.4 Å². The third-order valence-electron chi connectivity index (χ3n) is 5.22. The number of urea groups is 1. The van der Waals surface area contributed by atoms with Crippen molar-refractivity contribution in [1.82, 2.24) is 10.2 Å². The molecule has 3 aromatic carbocycles. The fraction of sp³-hybridized carbons (Fsp3) is 0.160. The van der Waals surface area contributed by atoms with Gasteiger partial charge in [-0.05, 0) is 36.2 Å². The number of esters is 1. The fourth-order valence-corrected chi connectivity index (χ4v) is 3.84. The summed E-state index contributed by atoms with van der Waals surface area (Å²) in [4.78, 5) is 40.7. The van der Waals surface area contributed by atoms with Crippen LogP contribution in [0.25, 0.3) is 16.5 Å². The first kappa shape index (κ1) is 20.3. The molecule has 4 rings (SSSR count). The molecule has 1 N–H and O–H groups in total. The number of carbonyl (C=O) groups is 3. The standard InChI is InChI=1S/C25H22N2O4/c1-3-31-24(29)21-16(2)26-25(30)27(22(21)18-11-5-4-6-12-18)23(28)20-15-9-13-17-10-7-8-14-19(17)20/h4-16H,3H2,1-2H3,(H,26,30). The summed E-state index contributed by atoms with van der Waals surface area (Å²) in [5.41, 5.74) is 1.44. The number of benzene rings is 3. The molecule has 1 heterocycles. The number of hydrogen-bond donors (Lipinski definition) is 1. The Bertz CT molecular complexity index is 1200. The third-order valence-corrected chi connectivity index (χ3v) is 5.22. The van der Waals surface area contributed by atoms with Crippen LogP contribution in [-0.4, -0.2) is 35.5 Å². The van der Waals surface area contributed by atoms with Crippen LogP contribution in [-0.2, 0) is 9.53 Å². The molecular weight excluding hydrogens is 392 g/mol. The van der Waals surface area contributed by atoms with Crippen molar-refractivity contribution in [2.75, 3.05) is 6.61 Å². The number of carbonyl (C=O) groups excluding carboxylic acids is 3. The Morgan fingerprint density at radius 1 is 0.968 bits per heavy atom. The second-order valence-corrected chi connectivity index (χ2v) is 7.19. The van der Waals surface area contributed by atoms with E-state index < -0.39 is 23.9 Å². The van der Waals surface area contributed by atoms with Crippen molar-refractivity contribution < 1.29 is 19.1 Å². The Morgan fingerprint density at radius 2 is 1.65 bits per heavy atom. The summed E-state index contributed by atoms with van der Waals surface area (Å²) in [6.45, 7) is 3.60. The average molecular weight is 414 g/mol. The molecule has 0 aromatic heterocycles. The molecule has 0 aliphatic carbocycles. The van der Waals surface area contributed by atoms with Crippen LogP contribution >= 0.6 is 0 Å². The zero-order valence-electron chi connectivity index (χ0n) is 17.3. The number of rotatable bonds is 4. The zero-order chi connectivity index (χ0) is 22.0. The molecule has 1 aliphatic rings. The van der Waals surface area contributed by atoms with Gasteiger partial charge in [0, 0.05) is 5.56 Å². The summed E-state index contributed by atoms with van der Waals surface area (Å²) in [7, 11) is 0. The Labute approximate surface area is 180 Å². The van der Waals surface area contributed by atoms with Crippen molar-refractivity contribution in [2.24, 2.45) is 0 Å². The lowest BCUT2D eigenvalue weighted by Crippen LogP contribution is -2.52. The lowest BCUT2D eigenvalue weighted by atomic mass is 9.96. The van der Waals surface area contributed by atoms with Gasteiger partial charge in [-0.1, -0.05) is 66.7 Å². The van der Waals surface area contributed by atoms with Gasteiger partial charge in [0.05, 0.1) is 23.9 Å². The topological polar surface area (TPSA) is 75.7 Å². The van der Waals surface area contributed by atoms with Gasteiger partial charge in [0.15, 0.2) is 0 Å². The first-order chi connectivity index (χ1) is 15.0. The van der Waals surface area contributed by atoms with E-state index in [4.69, 9.17) is 4.74 Å². The Hall–Kier alpha value is -3.93. The van der Waals surface area contributed by atoms with Crippen LogP contribution in [0, 0.1) is 0 Å². The minimum absolute atomic E-state index is 0.183. The number of imide groups is 1. The lowest BCUT2D eigenvalue weighted by molar-refractivity contribution is -0.138. The molecule has 31 heavy (non-hydrogen) atoms. The van der Waals surface area contributed by atoms with E-state index in [0.29, 0.717) is 11.1 Å². The van der Waals surface area contributed by atoms with Crippen LogP contribution in [0.2, 0.25) is 0 Å². The molecule has 1 unspecified atom stereocenters. The van der Waals surface area contributed by atoms with Crippen molar-refractivity contribution in [3.8, 4) is 0 Å². The van der Waals surface area contributed by atoms with Crippen LogP contribution in [0.1, 0.15) is 29.8 Å². The molecule has 0 saturated heterocycles.